The zero-order chi connectivity index (χ0) is 30.4. The summed E-state index contributed by atoms with van der Waals surface area (Å²) in [7, 11) is -3.84. The maximum Gasteiger partial charge on any atom is 0.244 e. The summed E-state index contributed by atoms with van der Waals surface area (Å²) < 4.78 is 27.1. The fourth-order valence-electron chi connectivity index (χ4n) is 5.25. The zero-order valence-corrected chi connectivity index (χ0v) is 26.5. The van der Waals surface area contributed by atoms with Crippen LogP contribution in [0.5, 0.6) is 0 Å². The molecule has 4 rings (SSSR count). The SMILES string of the molecule is Cc1ccc(N(CC(=O)N(Cc2ccc(Cl)c(Cl)c2)[C@@H](Cc2ccccc2)C(=O)NC2CCCC2)S(C)(=O)=O)cc1C. The molecule has 0 unspecified atom stereocenters. The lowest BCUT2D eigenvalue weighted by Crippen LogP contribution is -2.54. The molecule has 0 spiro atoms. The molecule has 0 bridgehead atoms. The summed E-state index contributed by atoms with van der Waals surface area (Å²) in [6, 6.07) is 19.0. The van der Waals surface area contributed by atoms with Crippen molar-refractivity contribution in [1.82, 2.24) is 10.2 Å². The molecule has 7 nitrogen and oxygen atoms in total. The molecule has 1 fully saturated rings. The van der Waals surface area contributed by atoms with Gasteiger partial charge in [-0.25, -0.2) is 8.42 Å². The van der Waals surface area contributed by atoms with E-state index in [0.717, 1.165) is 52.9 Å². The highest BCUT2D eigenvalue weighted by atomic mass is 35.5. The second-order valence-corrected chi connectivity index (χ2v) is 13.7. The van der Waals surface area contributed by atoms with Gasteiger partial charge in [-0.3, -0.25) is 13.9 Å². The Morgan fingerprint density at radius 3 is 2.21 bits per heavy atom. The van der Waals surface area contributed by atoms with Crippen LogP contribution in [0.3, 0.4) is 0 Å². The number of aryl methyl sites for hydroxylation is 2. The van der Waals surface area contributed by atoms with Gasteiger partial charge in [0.05, 0.1) is 22.0 Å². The van der Waals surface area contributed by atoms with E-state index in [2.05, 4.69) is 5.32 Å². The first-order chi connectivity index (χ1) is 19.9. The van der Waals surface area contributed by atoms with Crippen molar-refractivity contribution >= 4 is 50.7 Å². The second-order valence-electron chi connectivity index (χ2n) is 11.0. The van der Waals surface area contributed by atoms with Crippen LogP contribution >= 0.6 is 23.2 Å². The van der Waals surface area contributed by atoms with Gasteiger partial charge < -0.3 is 10.2 Å². The first-order valence-corrected chi connectivity index (χ1v) is 16.7. The maximum absolute atomic E-state index is 14.2. The van der Waals surface area contributed by atoms with Crippen molar-refractivity contribution in [1.29, 1.82) is 0 Å². The van der Waals surface area contributed by atoms with Crippen LogP contribution in [-0.2, 0) is 32.6 Å². The fraction of sp³-hybridized carbons (Fsp3) is 0.375. The van der Waals surface area contributed by atoms with E-state index in [9.17, 15) is 18.0 Å². The van der Waals surface area contributed by atoms with Gasteiger partial charge in [0.2, 0.25) is 21.8 Å². The molecule has 2 amide bonds. The summed E-state index contributed by atoms with van der Waals surface area (Å²) in [5, 5.41) is 3.85. The predicted octanol–water partition coefficient (Wildman–Crippen LogP) is 6.08. The first-order valence-electron chi connectivity index (χ1n) is 14.0. The third kappa shape index (κ3) is 8.27. The smallest absolute Gasteiger partial charge is 0.244 e. The summed E-state index contributed by atoms with van der Waals surface area (Å²) >= 11 is 12.5. The highest BCUT2D eigenvalue weighted by Gasteiger charge is 2.34. The number of sulfonamides is 1. The van der Waals surface area contributed by atoms with E-state index in [4.69, 9.17) is 23.2 Å². The molecule has 1 aliphatic rings. The van der Waals surface area contributed by atoms with Gasteiger partial charge in [-0.1, -0.05) is 78.5 Å². The average molecular weight is 631 g/mol. The molecule has 3 aromatic carbocycles. The van der Waals surface area contributed by atoms with Gasteiger partial charge >= 0.3 is 0 Å². The van der Waals surface area contributed by atoms with Crippen LogP contribution in [-0.4, -0.2) is 50.0 Å². The van der Waals surface area contributed by atoms with Crippen molar-refractivity contribution in [3.63, 3.8) is 0 Å². The Balaban J connectivity index is 1.74. The third-order valence-electron chi connectivity index (χ3n) is 7.77. The van der Waals surface area contributed by atoms with Crippen molar-refractivity contribution in [3.8, 4) is 0 Å². The van der Waals surface area contributed by atoms with Crippen LogP contribution in [0.1, 0.15) is 47.9 Å². The molecule has 0 aromatic heterocycles. The van der Waals surface area contributed by atoms with Crippen molar-refractivity contribution in [2.75, 3.05) is 17.1 Å². The summed E-state index contributed by atoms with van der Waals surface area (Å²) in [4.78, 5) is 29.6. The molecule has 42 heavy (non-hydrogen) atoms. The molecule has 1 N–H and O–H groups in total. The number of amides is 2. The van der Waals surface area contributed by atoms with Crippen molar-refractivity contribution in [3.05, 3.63) is 99.0 Å². The van der Waals surface area contributed by atoms with Crippen LogP contribution in [0.25, 0.3) is 0 Å². The number of rotatable bonds is 11. The molecular weight excluding hydrogens is 593 g/mol. The number of hydrogen-bond donors (Lipinski definition) is 1. The van der Waals surface area contributed by atoms with Gasteiger partial charge in [0.25, 0.3) is 0 Å². The number of anilines is 1. The van der Waals surface area contributed by atoms with Crippen LogP contribution in [0, 0.1) is 13.8 Å². The molecule has 10 heteroatoms. The first kappa shape index (κ1) is 31.9. The highest BCUT2D eigenvalue weighted by Crippen LogP contribution is 2.26. The Morgan fingerprint density at radius 1 is 0.905 bits per heavy atom. The molecular formula is C32H37Cl2N3O4S. The summed E-state index contributed by atoms with van der Waals surface area (Å²) in [5.41, 5.74) is 3.84. The van der Waals surface area contributed by atoms with E-state index < -0.39 is 28.5 Å². The molecule has 1 saturated carbocycles. The Kier molecular flexibility index (Phi) is 10.6. The van der Waals surface area contributed by atoms with Gasteiger partial charge in [0.1, 0.15) is 12.6 Å². The average Bonchev–Trinajstić information content (AvgIpc) is 3.45. The standard InChI is InChI=1S/C32H37Cl2N3O4S/c1-22-13-15-27(17-23(22)2)37(42(3,40)41)21-31(38)36(20-25-14-16-28(33)29(34)18-25)30(19-24-9-5-4-6-10-24)32(39)35-26-11-7-8-12-26/h4-6,9-10,13-18,26,30H,7-8,11-12,19-21H2,1-3H3,(H,35,39)/t30-/m0/s1. The second kappa shape index (κ2) is 13.9. The topological polar surface area (TPSA) is 86.8 Å². The van der Waals surface area contributed by atoms with Gasteiger partial charge in [0.15, 0.2) is 0 Å². The van der Waals surface area contributed by atoms with E-state index in [1.54, 1.807) is 30.3 Å². The number of nitrogens with one attached hydrogen (secondary N) is 1. The van der Waals surface area contributed by atoms with E-state index in [1.807, 2.05) is 50.2 Å². The molecule has 0 heterocycles. The Bertz CT molecular complexity index is 1530. The van der Waals surface area contributed by atoms with E-state index in [-0.39, 0.29) is 24.9 Å². The Morgan fingerprint density at radius 2 is 1.60 bits per heavy atom. The largest absolute Gasteiger partial charge is 0.352 e. The lowest BCUT2D eigenvalue weighted by molar-refractivity contribution is -0.140. The lowest BCUT2D eigenvalue weighted by Gasteiger charge is -2.34. The van der Waals surface area contributed by atoms with Crippen molar-refractivity contribution in [2.24, 2.45) is 0 Å². The maximum atomic E-state index is 14.2. The molecule has 3 aromatic rings. The Labute approximate surface area is 258 Å². The number of carbonyl (C=O) groups excluding carboxylic acids is 2. The molecule has 0 saturated heterocycles. The minimum absolute atomic E-state index is 0.0375. The van der Waals surface area contributed by atoms with Crippen LogP contribution in [0.15, 0.2) is 66.7 Å². The number of carbonyl (C=O) groups is 2. The quantitative estimate of drug-likeness (QED) is 0.279. The van der Waals surface area contributed by atoms with Crippen molar-refractivity contribution in [2.45, 2.75) is 64.6 Å². The van der Waals surface area contributed by atoms with Crippen LogP contribution in [0.4, 0.5) is 5.69 Å². The number of benzene rings is 3. The Hall–Kier alpha value is -3.07. The third-order valence-corrected chi connectivity index (χ3v) is 9.65. The minimum Gasteiger partial charge on any atom is -0.352 e. The summed E-state index contributed by atoms with van der Waals surface area (Å²) in [6.45, 7) is 3.40. The molecule has 1 aliphatic carbocycles. The molecule has 224 valence electrons. The minimum atomic E-state index is -3.84. The molecule has 1 atom stereocenters. The van der Waals surface area contributed by atoms with E-state index in [0.29, 0.717) is 21.3 Å². The van der Waals surface area contributed by atoms with E-state index in [1.165, 1.54) is 4.90 Å². The number of halogens is 2. The van der Waals surface area contributed by atoms with Gasteiger partial charge in [0, 0.05) is 19.0 Å². The number of hydrogen-bond acceptors (Lipinski definition) is 4. The lowest BCUT2D eigenvalue weighted by atomic mass is 10.0. The van der Waals surface area contributed by atoms with Crippen LogP contribution < -0.4 is 9.62 Å². The normalized spacial score (nSPS) is 14.4. The van der Waals surface area contributed by atoms with Gasteiger partial charge in [-0.15, -0.1) is 0 Å². The van der Waals surface area contributed by atoms with E-state index >= 15 is 0 Å². The number of nitrogens with zero attached hydrogens (tertiary/aromatic N) is 2. The van der Waals surface area contributed by atoms with Gasteiger partial charge in [-0.2, -0.15) is 0 Å². The highest BCUT2D eigenvalue weighted by molar-refractivity contribution is 7.92. The zero-order valence-electron chi connectivity index (χ0n) is 24.1. The van der Waals surface area contributed by atoms with Crippen molar-refractivity contribution < 1.29 is 18.0 Å². The van der Waals surface area contributed by atoms with Crippen LogP contribution in [0.2, 0.25) is 10.0 Å². The molecule has 0 aliphatic heterocycles. The fourth-order valence-corrected chi connectivity index (χ4v) is 6.41. The van der Waals surface area contributed by atoms with Gasteiger partial charge in [-0.05, 0) is 73.2 Å². The summed E-state index contributed by atoms with van der Waals surface area (Å²) in [5.74, 6) is -0.775. The monoisotopic (exact) mass is 629 g/mol. The predicted molar refractivity (Wildman–Crippen MR) is 169 cm³/mol. The molecule has 0 radical (unpaired) electrons. The summed E-state index contributed by atoms with van der Waals surface area (Å²) in [6.07, 6.45) is 5.19.